The zero-order chi connectivity index (χ0) is 22.7. The number of nitrogens with zero attached hydrogens (tertiary/aromatic N) is 6. The highest BCUT2D eigenvalue weighted by atomic mass is 35.5. The number of piperazine rings is 1. The van der Waals surface area contributed by atoms with Crippen molar-refractivity contribution in [2.75, 3.05) is 31.1 Å². The molecule has 176 valence electrons. The smallest absolute Gasteiger partial charge is 0.217 e. The van der Waals surface area contributed by atoms with E-state index in [4.69, 9.17) is 0 Å². The summed E-state index contributed by atoms with van der Waals surface area (Å²) in [6.07, 6.45) is 3.51. The Hall–Kier alpha value is -2.97. The highest BCUT2D eigenvalue weighted by Gasteiger charge is 2.23. The Kier molecular flexibility index (Phi) is 8.05. The zero-order valence-corrected chi connectivity index (χ0v) is 20.5. The van der Waals surface area contributed by atoms with E-state index < -0.39 is 0 Å². The molecule has 1 amide bonds. The normalized spacial score (nSPS) is 14.1. The van der Waals surface area contributed by atoms with Gasteiger partial charge in [-0.05, 0) is 19.4 Å². The molecule has 0 unspecified atom stereocenters. The van der Waals surface area contributed by atoms with Gasteiger partial charge in [-0.15, -0.1) is 12.4 Å². The van der Waals surface area contributed by atoms with E-state index in [-0.39, 0.29) is 18.3 Å². The van der Waals surface area contributed by atoms with E-state index in [0.717, 1.165) is 61.1 Å². The van der Waals surface area contributed by atoms with Gasteiger partial charge in [0.05, 0.1) is 5.69 Å². The molecule has 1 saturated heterocycles. The molecule has 4 rings (SSSR count). The lowest BCUT2D eigenvalue weighted by atomic mass is 10.1. The quantitative estimate of drug-likeness (QED) is 0.598. The van der Waals surface area contributed by atoms with Crippen LogP contribution in [0.5, 0.6) is 0 Å². The van der Waals surface area contributed by atoms with Gasteiger partial charge < -0.3 is 10.2 Å². The molecular weight excluding hydrogens is 438 g/mol. The standard InChI is InChI=1S/C24H31N7O.ClH/c1-17-22(18(2)29(4)28-17)16-30-11-13-31(14-12-30)24-23(25-9-10-26-24)21-7-5-20(6-8-21)15-27-19(3)32;/h5-10H,11-16H2,1-4H3,(H,27,32);1H. The van der Waals surface area contributed by atoms with Gasteiger partial charge in [0.15, 0.2) is 5.82 Å². The van der Waals surface area contributed by atoms with Crippen molar-refractivity contribution in [1.82, 2.24) is 30.0 Å². The summed E-state index contributed by atoms with van der Waals surface area (Å²) in [5, 5.41) is 7.38. The van der Waals surface area contributed by atoms with Crippen molar-refractivity contribution in [2.24, 2.45) is 7.05 Å². The third kappa shape index (κ3) is 5.69. The number of carbonyl (C=O) groups excluding carboxylic acids is 1. The number of hydrogen-bond acceptors (Lipinski definition) is 6. The molecule has 8 nitrogen and oxygen atoms in total. The second kappa shape index (κ2) is 10.8. The molecule has 1 aliphatic heterocycles. The average Bonchev–Trinajstić information content (AvgIpc) is 3.04. The van der Waals surface area contributed by atoms with Gasteiger partial charge in [-0.25, -0.2) is 4.98 Å². The molecule has 1 fully saturated rings. The Bertz CT molecular complexity index is 1090. The first-order valence-corrected chi connectivity index (χ1v) is 11.0. The number of aryl methyl sites for hydroxylation is 2. The number of benzene rings is 1. The molecular formula is C24H32ClN7O. The third-order valence-corrected chi connectivity index (χ3v) is 6.16. The summed E-state index contributed by atoms with van der Waals surface area (Å²) in [6.45, 7) is 11.0. The fourth-order valence-electron chi connectivity index (χ4n) is 4.16. The minimum absolute atomic E-state index is 0. The van der Waals surface area contributed by atoms with Crippen LogP contribution in [0.2, 0.25) is 0 Å². The number of carbonyl (C=O) groups is 1. The number of nitrogens with one attached hydrogen (secondary N) is 1. The van der Waals surface area contributed by atoms with Crippen LogP contribution in [0.25, 0.3) is 11.3 Å². The summed E-state index contributed by atoms with van der Waals surface area (Å²) in [7, 11) is 2.01. The van der Waals surface area contributed by atoms with Crippen molar-refractivity contribution < 1.29 is 4.79 Å². The summed E-state index contributed by atoms with van der Waals surface area (Å²) in [4.78, 5) is 25.3. The molecule has 0 radical (unpaired) electrons. The van der Waals surface area contributed by atoms with Crippen LogP contribution in [0.15, 0.2) is 36.7 Å². The number of hydrogen-bond donors (Lipinski definition) is 1. The number of aromatic nitrogens is 4. The van der Waals surface area contributed by atoms with Crippen LogP contribution in [0.3, 0.4) is 0 Å². The van der Waals surface area contributed by atoms with Crippen LogP contribution < -0.4 is 10.2 Å². The van der Waals surface area contributed by atoms with E-state index in [1.165, 1.54) is 18.2 Å². The predicted molar refractivity (Wildman–Crippen MR) is 132 cm³/mol. The summed E-state index contributed by atoms with van der Waals surface area (Å²) in [5.74, 6) is 0.897. The molecule has 33 heavy (non-hydrogen) atoms. The van der Waals surface area contributed by atoms with Gasteiger partial charge in [-0.2, -0.15) is 5.10 Å². The fourth-order valence-corrected chi connectivity index (χ4v) is 4.16. The first kappa shape index (κ1) is 24.7. The number of amides is 1. The third-order valence-electron chi connectivity index (χ3n) is 6.16. The van der Waals surface area contributed by atoms with Crippen LogP contribution in [-0.4, -0.2) is 56.7 Å². The molecule has 9 heteroatoms. The van der Waals surface area contributed by atoms with Crippen molar-refractivity contribution in [2.45, 2.75) is 33.9 Å². The maximum atomic E-state index is 11.1. The minimum Gasteiger partial charge on any atom is -0.352 e. The molecule has 0 bridgehead atoms. The maximum absolute atomic E-state index is 11.1. The van der Waals surface area contributed by atoms with E-state index in [1.54, 1.807) is 12.4 Å². The van der Waals surface area contributed by atoms with Crippen molar-refractivity contribution in [3.8, 4) is 11.3 Å². The van der Waals surface area contributed by atoms with E-state index >= 15 is 0 Å². The van der Waals surface area contributed by atoms with Crippen molar-refractivity contribution in [3.63, 3.8) is 0 Å². The van der Waals surface area contributed by atoms with Gasteiger partial charge >= 0.3 is 0 Å². The SMILES string of the molecule is CC(=O)NCc1ccc(-c2nccnc2N2CCN(Cc3c(C)nn(C)c3C)CC2)cc1.Cl. The highest BCUT2D eigenvalue weighted by molar-refractivity contribution is 5.85. The first-order valence-electron chi connectivity index (χ1n) is 11.0. The van der Waals surface area contributed by atoms with Crippen molar-refractivity contribution in [1.29, 1.82) is 0 Å². The minimum atomic E-state index is -0.0294. The van der Waals surface area contributed by atoms with Gasteiger partial charge in [0.25, 0.3) is 0 Å². The molecule has 3 heterocycles. The van der Waals surface area contributed by atoms with Crippen LogP contribution in [0.1, 0.15) is 29.4 Å². The Morgan fingerprint density at radius 3 is 2.30 bits per heavy atom. The predicted octanol–water partition coefficient (Wildman–Crippen LogP) is 2.87. The van der Waals surface area contributed by atoms with Crippen molar-refractivity contribution >= 4 is 24.1 Å². The van der Waals surface area contributed by atoms with Gasteiger partial charge in [0.1, 0.15) is 5.69 Å². The second-order valence-electron chi connectivity index (χ2n) is 8.37. The summed E-state index contributed by atoms with van der Waals surface area (Å²) in [6, 6.07) is 8.16. The Labute approximate surface area is 201 Å². The maximum Gasteiger partial charge on any atom is 0.217 e. The molecule has 0 spiro atoms. The van der Waals surface area contributed by atoms with E-state index in [0.29, 0.717) is 6.54 Å². The van der Waals surface area contributed by atoms with Crippen LogP contribution >= 0.6 is 12.4 Å². The molecule has 3 aromatic rings. The molecule has 2 aromatic heterocycles. The van der Waals surface area contributed by atoms with Crippen LogP contribution in [0, 0.1) is 13.8 Å². The lowest BCUT2D eigenvalue weighted by molar-refractivity contribution is -0.119. The van der Waals surface area contributed by atoms with Gasteiger partial charge in [-0.3, -0.25) is 19.4 Å². The topological polar surface area (TPSA) is 79.2 Å². The monoisotopic (exact) mass is 469 g/mol. The average molecular weight is 470 g/mol. The van der Waals surface area contributed by atoms with Crippen LogP contribution in [-0.2, 0) is 24.9 Å². The van der Waals surface area contributed by atoms with E-state index in [9.17, 15) is 4.79 Å². The summed E-state index contributed by atoms with van der Waals surface area (Å²) < 4.78 is 1.97. The van der Waals surface area contributed by atoms with Crippen LogP contribution in [0.4, 0.5) is 5.82 Å². The van der Waals surface area contributed by atoms with Crippen molar-refractivity contribution in [3.05, 3.63) is 59.2 Å². The molecule has 1 N–H and O–H groups in total. The summed E-state index contributed by atoms with van der Waals surface area (Å²) in [5.41, 5.74) is 6.67. The number of rotatable bonds is 6. The molecule has 1 aromatic carbocycles. The first-order chi connectivity index (χ1) is 15.4. The lowest BCUT2D eigenvalue weighted by Gasteiger charge is -2.36. The highest BCUT2D eigenvalue weighted by Crippen LogP contribution is 2.28. The molecule has 1 aliphatic rings. The zero-order valence-electron chi connectivity index (χ0n) is 19.7. The lowest BCUT2D eigenvalue weighted by Crippen LogP contribution is -2.46. The number of halogens is 1. The van der Waals surface area contributed by atoms with E-state index in [2.05, 4.69) is 56.2 Å². The Morgan fingerprint density at radius 1 is 1.03 bits per heavy atom. The van der Waals surface area contributed by atoms with Gasteiger partial charge in [0.2, 0.25) is 5.91 Å². The second-order valence-corrected chi connectivity index (χ2v) is 8.37. The van der Waals surface area contributed by atoms with Gasteiger partial charge in [-0.1, -0.05) is 24.3 Å². The molecule has 0 aliphatic carbocycles. The number of anilines is 1. The fraction of sp³-hybridized carbons (Fsp3) is 0.417. The Balaban J connectivity index is 0.00000306. The van der Waals surface area contributed by atoms with E-state index in [1.807, 2.05) is 23.9 Å². The summed E-state index contributed by atoms with van der Waals surface area (Å²) >= 11 is 0. The largest absolute Gasteiger partial charge is 0.352 e. The molecule has 0 atom stereocenters. The molecule has 0 saturated carbocycles. The van der Waals surface area contributed by atoms with Gasteiger partial charge in [0, 0.05) is 82.5 Å². The Morgan fingerprint density at radius 2 is 1.70 bits per heavy atom.